The Hall–Kier alpha value is -1.59. The number of carboxylic acid groups (broad SMARTS) is 1. The Bertz CT molecular complexity index is 808. The van der Waals surface area contributed by atoms with Crippen molar-refractivity contribution in [3.05, 3.63) is 0 Å². The van der Waals surface area contributed by atoms with E-state index in [0.717, 1.165) is 83.5 Å². The first kappa shape index (κ1) is 46.4. The number of carbonyl (C=O) groups is 3. The molecule has 284 valence electrons. The van der Waals surface area contributed by atoms with E-state index in [2.05, 4.69) is 20.8 Å². The number of hydrogen-bond donors (Lipinski definition) is 1. The summed E-state index contributed by atoms with van der Waals surface area (Å²) in [6.07, 6.45) is 25.5. The maximum absolute atomic E-state index is 13.8. The predicted molar refractivity (Wildman–Crippen MR) is 201 cm³/mol. The molecule has 0 aromatic rings. The zero-order chi connectivity index (χ0) is 36.5. The van der Waals surface area contributed by atoms with Gasteiger partial charge in [0.1, 0.15) is 11.2 Å². The molecule has 0 bridgehead atoms. The molecular weight excluding hydrogens is 600 g/mol. The summed E-state index contributed by atoms with van der Waals surface area (Å²) >= 11 is 0. The fourth-order valence-corrected chi connectivity index (χ4v) is 6.75. The van der Waals surface area contributed by atoms with Crippen LogP contribution >= 0.6 is 0 Å². The van der Waals surface area contributed by atoms with Crippen LogP contribution in [0.3, 0.4) is 0 Å². The molecule has 0 spiro atoms. The monoisotopic (exact) mass is 681 g/mol. The highest BCUT2D eigenvalue weighted by atomic mass is 16.6. The summed E-state index contributed by atoms with van der Waals surface area (Å²) in [4.78, 5) is 39.8. The number of carboxylic acids is 1. The third-order valence-electron chi connectivity index (χ3n) is 9.59. The zero-order valence-electron chi connectivity index (χ0n) is 33.3. The molecule has 1 N–H and O–H groups in total. The number of carbonyl (C=O) groups excluding carboxylic acids is 2. The highest BCUT2D eigenvalue weighted by Crippen LogP contribution is 2.38. The molecule has 0 saturated carbocycles. The van der Waals surface area contributed by atoms with Crippen LogP contribution in [0.2, 0.25) is 0 Å². The first-order valence-electron chi connectivity index (χ1n) is 20.3. The van der Waals surface area contributed by atoms with Crippen LogP contribution in [0.4, 0.5) is 0 Å². The minimum atomic E-state index is -1.30. The van der Waals surface area contributed by atoms with Crippen molar-refractivity contribution in [2.24, 2.45) is 17.3 Å². The van der Waals surface area contributed by atoms with Crippen molar-refractivity contribution in [1.29, 1.82) is 0 Å². The van der Waals surface area contributed by atoms with Crippen molar-refractivity contribution in [2.45, 2.75) is 234 Å². The van der Waals surface area contributed by atoms with Gasteiger partial charge in [-0.2, -0.15) is 0 Å². The minimum Gasteiger partial charge on any atom is -0.481 e. The summed E-state index contributed by atoms with van der Waals surface area (Å²) in [5.41, 5.74) is -2.70. The van der Waals surface area contributed by atoms with Gasteiger partial charge in [-0.1, -0.05) is 156 Å². The molecule has 0 radical (unpaired) electrons. The molecule has 48 heavy (non-hydrogen) atoms. The van der Waals surface area contributed by atoms with E-state index in [1.54, 1.807) is 0 Å². The van der Waals surface area contributed by atoms with E-state index in [-0.39, 0.29) is 5.92 Å². The molecule has 0 heterocycles. The van der Waals surface area contributed by atoms with E-state index >= 15 is 0 Å². The molecule has 0 saturated heterocycles. The van der Waals surface area contributed by atoms with Gasteiger partial charge in [0.25, 0.3) is 0 Å². The second-order valence-electron chi connectivity index (χ2n) is 16.7. The number of unbranched alkanes of at least 4 members (excludes halogenated alkanes) is 15. The summed E-state index contributed by atoms with van der Waals surface area (Å²) in [5, 5.41) is 10.0. The van der Waals surface area contributed by atoms with E-state index in [9.17, 15) is 19.5 Å². The third kappa shape index (κ3) is 22.9. The third-order valence-corrected chi connectivity index (χ3v) is 9.59. The van der Waals surface area contributed by atoms with Gasteiger partial charge in [0.2, 0.25) is 0 Å². The topological polar surface area (TPSA) is 89.9 Å². The van der Waals surface area contributed by atoms with E-state index < -0.39 is 34.5 Å². The van der Waals surface area contributed by atoms with Gasteiger partial charge in [0.05, 0.1) is 5.92 Å². The Labute approximate surface area is 297 Å². The molecule has 6 nitrogen and oxygen atoms in total. The largest absolute Gasteiger partial charge is 0.481 e. The fraction of sp³-hybridized carbons (Fsp3) is 0.929. The summed E-state index contributed by atoms with van der Waals surface area (Å²) in [6.45, 7) is 17.8. The lowest BCUT2D eigenvalue weighted by Gasteiger charge is -2.35. The molecule has 0 amide bonds. The standard InChI is InChI=1S/C42H80O6/c1-10-13-16-18-19-20-23-27-32-42(38(45)47-40(4,5)6,39(46)48-41(7,8)9)33-28-24-21-22-26-31-36(37(43)44)34-35(29-15-12-3)30-25-17-14-11-2/h35-36H,10-34H2,1-9H3,(H,43,44). The molecule has 2 unspecified atom stereocenters. The van der Waals surface area contributed by atoms with Gasteiger partial charge in [0.15, 0.2) is 5.41 Å². The molecule has 0 aromatic heterocycles. The number of aliphatic carboxylic acids is 1. The molecule has 0 aliphatic heterocycles. The Balaban J connectivity index is 5.31. The lowest BCUT2D eigenvalue weighted by atomic mass is 9.77. The van der Waals surface area contributed by atoms with Crippen molar-refractivity contribution in [1.82, 2.24) is 0 Å². The first-order valence-corrected chi connectivity index (χ1v) is 20.3. The van der Waals surface area contributed by atoms with Crippen LogP contribution in [0.25, 0.3) is 0 Å². The smallest absolute Gasteiger partial charge is 0.324 e. The fourth-order valence-electron chi connectivity index (χ4n) is 6.75. The highest BCUT2D eigenvalue weighted by molar-refractivity contribution is 6.00. The van der Waals surface area contributed by atoms with E-state index in [4.69, 9.17) is 9.47 Å². The quantitative estimate of drug-likeness (QED) is 0.0461. The second kappa shape index (κ2) is 26.3. The van der Waals surface area contributed by atoms with Crippen molar-refractivity contribution >= 4 is 17.9 Å². The minimum absolute atomic E-state index is 0.267. The number of ether oxygens (including phenoxy) is 2. The van der Waals surface area contributed by atoms with Crippen LogP contribution in [-0.4, -0.2) is 34.2 Å². The van der Waals surface area contributed by atoms with Gasteiger partial charge in [-0.25, -0.2) is 0 Å². The molecule has 6 heteroatoms. The summed E-state index contributed by atoms with van der Waals surface area (Å²) in [5.74, 6) is -1.31. The van der Waals surface area contributed by atoms with Gasteiger partial charge >= 0.3 is 17.9 Å². The SMILES string of the molecule is CCCCCCCCCCC(CCCCCCCC(CC(CCCC)CCCCCC)C(=O)O)(C(=O)OC(C)(C)C)C(=O)OC(C)(C)C. The van der Waals surface area contributed by atoms with Crippen molar-refractivity contribution < 1.29 is 29.0 Å². The van der Waals surface area contributed by atoms with Gasteiger partial charge in [-0.05, 0) is 73.1 Å². The van der Waals surface area contributed by atoms with Crippen molar-refractivity contribution in [3.8, 4) is 0 Å². The predicted octanol–water partition coefficient (Wildman–Crippen LogP) is 12.8. The Morgan fingerprint density at radius 3 is 1.27 bits per heavy atom. The molecule has 2 atom stereocenters. The van der Waals surface area contributed by atoms with Gasteiger partial charge in [-0.3, -0.25) is 14.4 Å². The van der Waals surface area contributed by atoms with Crippen LogP contribution in [0.1, 0.15) is 223 Å². The van der Waals surface area contributed by atoms with E-state index in [1.807, 2.05) is 41.5 Å². The summed E-state index contributed by atoms with van der Waals surface area (Å²) < 4.78 is 11.8. The zero-order valence-corrected chi connectivity index (χ0v) is 33.3. The first-order chi connectivity index (χ1) is 22.6. The Morgan fingerprint density at radius 2 is 0.854 bits per heavy atom. The Morgan fingerprint density at radius 1 is 0.500 bits per heavy atom. The van der Waals surface area contributed by atoms with E-state index in [0.29, 0.717) is 18.8 Å². The van der Waals surface area contributed by atoms with Gasteiger partial charge in [-0.15, -0.1) is 0 Å². The molecule has 0 aliphatic carbocycles. The average molecular weight is 681 g/mol. The molecule has 0 aromatic carbocycles. The Kier molecular flexibility index (Phi) is 25.4. The number of hydrogen-bond acceptors (Lipinski definition) is 5. The van der Waals surface area contributed by atoms with Crippen molar-refractivity contribution in [3.63, 3.8) is 0 Å². The van der Waals surface area contributed by atoms with Crippen LogP contribution in [-0.2, 0) is 23.9 Å². The van der Waals surface area contributed by atoms with Crippen LogP contribution in [0.15, 0.2) is 0 Å². The summed E-state index contributed by atoms with van der Waals surface area (Å²) in [7, 11) is 0. The summed E-state index contributed by atoms with van der Waals surface area (Å²) in [6, 6.07) is 0. The van der Waals surface area contributed by atoms with Gasteiger partial charge in [0, 0.05) is 0 Å². The molecule has 0 fully saturated rings. The van der Waals surface area contributed by atoms with E-state index in [1.165, 1.54) is 64.2 Å². The van der Waals surface area contributed by atoms with Crippen molar-refractivity contribution in [2.75, 3.05) is 0 Å². The number of rotatable bonds is 30. The van der Waals surface area contributed by atoms with Gasteiger partial charge < -0.3 is 14.6 Å². The van der Waals surface area contributed by atoms with Crippen LogP contribution in [0.5, 0.6) is 0 Å². The molecular formula is C42H80O6. The van der Waals surface area contributed by atoms with Crippen LogP contribution < -0.4 is 0 Å². The lowest BCUT2D eigenvalue weighted by Crippen LogP contribution is -2.46. The second-order valence-corrected chi connectivity index (χ2v) is 16.7. The average Bonchev–Trinajstić information content (AvgIpc) is 2.98. The maximum atomic E-state index is 13.8. The normalized spacial score (nSPS) is 13.7. The number of esters is 2. The highest BCUT2D eigenvalue weighted by Gasteiger charge is 2.50. The molecule has 0 aliphatic rings. The molecule has 0 rings (SSSR count). The lowest BCUT2D eigenvalue weighted by molar-refractivity contribution is -0.187. The van der Waals surface area contributed by atoms with Crippen LogP contribution in [0, 0.1) is 17.3 Å². The maximum Gasteiger partial charge on any atom is 0.324 e.